The maximum Gasteiger partial charge on any atom is 0.0719 e. The molecule has 2 rings (SSSR count). The van der Waals surface area contributed by atoms with E-state index in [4.69, 9.17) is 5.90 Å². The molecule has 0 unspecified atom stereocenters. The lowest BCUT2D eigenvalue weighted by atomic mass is 10.1. The zero-order valence-corrected chi connectivity index (χ0v) is 8.80. The van der Waals surface area contributed by atoms with E-state index in [0.29, 0.717) is 6.61 Å². The molecule has 1 heterocycles. The van der Waals surface area contributed by atoms with E-state index in [9.17, 15) is 0 Å². The number of nitrogens with two attached hydrogens (primary N) is 1. The summed E-state index contributed by atoms with van der Waals surface area (Å²) in [6.45, 7) is 2.59. The van der Waals surface area contributed by atoms with Crippen molar-refractivity contribution in [1.29, 1.82) is 0 Å². The first kappa shape index (κ1) is 9.58. The van der Waals surface area contributed by atoms with E-state index in [1.807, 2.05) is 6.92 Å². The zero-order valence-electron chi connectivity index (χ0n) is 7.99. The van der Waals surface area contributed by atoms with Crippen molar-refractivity contribution in [2.75, 3.05) is 6.61 Å². The summed E-state index contributed by atoms with van der Waals surface area (Å²) in [7, 11) is 0. The van der Waals surface area contributed by atoms with Gasteiger partial charge in [0.25, 0.3) is 0 Å². The Morgan fingerprint density at radius 1 is 1.50 bits per heavy atom. The van der Waals surface area contributed by atoms with Gasteiger partial charge >= 0.3 is 0 Å². The van der Waals surface area contributed by atoms with Crippen LogP contribution in [0.3, 0.4) is 0 Å². The monoisotopic (exact) mass is 208 g/mol. The Morgan fingerprint density at radius 2 is 2.36 bits per heavy atom. The lowest BCUT2D eigenvalue weighted by molar-refractivity contribution is 0.141. The van der Waals surface area contributed by atoms with Crippen LogP contribution in [-0.4, -0.2) is 11.0 Å². The summed E-state index contributed by atoms with van der Waals surface area (Å²) >= 11 is 1.54. The van der Waals surface area contributed by atoms with E-state index < -0.39 is 0 Å². The minimum atomic E-state index is 0.559. The fourth-order valence-corrected chi connectivity index (χ4v) is 2.29. The van der Waals surface area contributed by atoms with Crippen LogP contribution in [0.15, 0.2) is 18.2 Å². The highest BCUT2D eigenvalue weighted by molar-refractivity contribution is 7.13. The maximum atomic E-state index is 4.98. The molecule has 0 saturated carbocycles. The molecule has 0 atom stereocenters. The van der Waals surface area contributed by atoms with Gasteiger partial charge in [-0.15, -0.1) is 0 Å². The van der Waals surface area contributed by atoms with Crippen LogP contribution < -0.4 is 5.90 Å². The average molecular weight is 208 g/mol. The summed E-state index contributed by atoms with van der Waals surface area (Å²) in [5.41, 5.74) is 2.35. The van der Waals surface area contributed by atoms with E-state index >= 15 is 0 Å². The van der Waals surface area contributed by atoms with Crippen LogP contribution in [0.4, 0.5) is 0 Å². The first-order valence-corrected chi connectivity index (χ1v) is 5.25. The normalized spacial score (nSPS) is 11.0. The summed E-state index contributed by atoms with van der Waals surface area (Å²) in [5.74, 6) is 4.98. The molecule has 74 valence electrons. The van der Waals surface area contributed by atoms with Crippen molar-refractivity contribution in [3.8, 4) is 0 Å². The quantitative estimate of drug-likeness (QED) is 0.785. The van der Waals surface area contributed by atoms with Crippen LogP contribution >= 0.6 is 11.5 Å². The van der Waals surface area contributed by atoms with Gasteiger partial charge in [-0.3, -0.25) is 0 Å². The second kappa shape index (κ2) is 4.04. The Labute approximate surface area is 86.6 Å². The molecule has 0 amide bonds. The molecule has 0 aliphatic heterocycles. The maximum absolute atomic E-state index is 4.98. The summed E-state index contributed by atoms with van der Waals surface area (Å²) in [6, 6.07) is 6.36. The van der Waals surface area contributed by atoms with Crippen LogP contribution in [0, 0.1) is 6.92 Å². The van der Waals surface area contributed by atoms with Crippen LogP contribution in [0.25, 0.3) is 10.1 Å². The van der Waals surface area contributed by atoms with Gasteiger partial charge < -0.3 is 4.84 Å². The number of hydrogen-bond donors (Lipinski definition) is 1. The molecule has 3 nitrogen and oxygen atoms in total. The number of fused-ring (bicyclic) bond motifs is 1. The van der Waals surface area contributed by atoms with Crippen LogP contribution in [0.5, 0.6) is 0 Å². The predicted octanol–water partition coefficient (Wildman–Crippen LogP) is 2.04. The standard InChI is InChI=1S/C10H12N2OS/c1-7-9-3-2-8(4-5-13-11)6-10(9)14-12-7/h2-3,6H,4-5,11H2,1H3. The molecule has 0 spiro atoms. The van der Waals surface area contributed by atoms with Crippen molar-refractivity contribution in [1.82, 2.24) is 4.37 Å². The Hall–Kier alpha value is -0.970. The van der Waals surface area contributed by atoms with Gasteiger partial charge in [-0.25, -0.2) is 5.90 Å². The molecular weight excluding hydrogens is 196 g/mol. The third kappa shape index (κ3) is 1.77. The molecule has 2 aromatic rings. The topological polar surface area (TPSA) is 48.1 Å². The van der Waals surface area contributed by atoms with Crippen LogP contribution in [0.1, 0.15) is 11.3 Å². The molecule has 0 bridgehead atoms. The Kier molecular flexibility index (Phi) is 2.77. The highest BCUT2D eigenvalue weighted by Crippen LogP contribution is 2.23. The highest BCUT2D eigenvalue weighted by Gasteiger charge is 2.02. The SMILES string of the molecule is Cc1nsc2cc(CCON)ccc12. The Morgan fingerprint density at radius 3 is 3.14 bits per heavy atom. The van der Waals surface area contributed by atoms with E-state index in [1.165, 1.54) is 27.2 Å². The van der Waals surface area contributed by atoms with Crippen molar-refractivity contribution < 1.29 is 4.84 Å². The van der Waals surface area contributed by atoms with Gasteiger partial charge in [-0.2, -0.15) is 4.37 Å². The van der Waals surface area contributed by atoms with Crippen molar-refractivity contribution in [3.05, 3.63) is 29.5 Å². The first-order valence-electron chi connectivity index (χ1n) is 4.48. The van der Waals surface area contributed by atoms with E-state index in [-0.39, 0.29) is 0 Å². The average Bonchev–Trinajstić information content (AvgIpc) is 2.57. The second-order valence-corrected chi connectivity index (χ2v) is 4.02. The molecule has 0 aliphatic rings. The first-order chi connectivity index (χ1) is 6.81. The van der Waals surface area contributed by atoms with Crippen molar-refractivity contribution in [3.63, 3.8) is 0 Å². The number of aryl methyl sites for hydroxylation is 1. The third-order valence-corrected chi connectivity index (χ3v) is 3.12. The third-order valence-electron chi connectivity index (χ3n) is 2.23. The highest BCUT2D eigenvalue weighted by atomic mass is 32.1. The minimum absolute atomic E-state index is 0.559. The number of rotatable bonds is 3. The summed E-state index contributed by atoms with van der Waals surface area (Å²) in [5, 5.41) is 1.24. The molecular formula is C10H12N2OS. The molecule has 0 saturated heterocycles. The summed E-state index contributed by atoms with van der Waals surface area (Å²) in [4.78, 5) is 4.55. The lowest BCUT2D eigenvalue weighted by Gasteiger charge is -1.99. The Bertz CT molecular complexity index is 439. The largest absolute Gasteiger partial charge is 0.304 e. The smallest absolute Gasteiger partial charge is 0.0719 e. The number of aromatic nitrogens is 1. The van der Waals surface area contributed by atoms with Crippen LogP contribution in [0.2, 0.25) is 0 Å². The van der Waals surface area contributed by atoms with E-state index in [2.05, 4.69) is 27.4 Å². The van der Waals surface area contributed by atoms with Gasteiger partial charge in [0.1, 0.15) is 0 Å². The van der Waals surface area contributed by atoms with Gasteiger partial charge in [0, 0.05) is 5.39 Å². The number of benzene rings is 1. The zero-order chi connectivity index (χ0) is 9.97. The van der Waals surface area contributed by atoms with Gasteiger partial charge in [0.05, 0.1) is 17.0 Å². The molecule has 2 N–H and O–H groups in total. The molecule has 4 heteroatoms. The molecule has 0 fully saturated rings. The summed E-state index contributed by atoms with van der Waals surface area (Å²) in [6.07, 6.45) is 0.851. The van der Waals surface area contributed by atoms with Gasteiger partial charge in [-0.05, 0) is 36.5 Å². The van der Waals surface area contributed by atoms with E-state index in [0.717, 1.165) is 12.1 Å². The van der Waals surface area contributed by atoms with Crippen molar-refractivity contribution >= 4 is 21.6 Å². The molecule has 0 aliphatic carbocycles. The van der Waals surface area contributed by atoms with Gasteiger partial charge in [0.15, 0.2) is 0 Å². The van der Waals surface area contributed by atoms with Crippen molar-refractivity contribution in [2.45, 2.75) is 13.3 Å². The second-order valence-electron chi connectivity index (χ2n) is 3.22. The molecule has 1 aromatic heterocycles. The minimum Gasteiger partial charge on any atom is -0.304 e. The predicted molar refractivity (Wildman–Crippen MR) is 58.2 cm³/mol. The number of nitrogens with zero attached hydrogens (tertiary/aromatic N) is 1. The molecule has 1 aromatic carbocycles. The van der Waals surface area contributed by atoms with Gasteiger partial charge in [-0.1, -0.05) is 12.1 Å². The van der Waals surface area contributed by atoms with Crippen LogP contribution in [-0.2, 0) is 11.3 Å². The number of hydrogen-bond acceptors (Lipinski definition) is 4. The fraction of sp³-hybridized carbons (Fsp3) is 0.300. The van der Waals surface area contributed by atoms with Crippen molar-refractivity contribution in [2.24, 2.45) is 5.90 Å². The van der Waals surface area contributed by atoms with Gasteiger partial charge in [0.2, 0.25) is 0 Å². The molecule has 14 heavy (non-hydrogen) atoms. The lowest BCUT2D eigenvalue weighted by Crippen LogP contribution is -2.03. The summed E-state index contributed by atoms with van der Waals surface area (Å²) < 4.78 is 5.54. The fourth-order valence-electron chi connectivity index (χ4n) is 1.44. The van der Waals surface area contributed by atoms with E-state index in [1.54, 1.807) is 0 Å². The molecule has 0 radical (unpaired) electrons. The Balaban J connectivity index is 2.32.